The van der Waals surface area contributed by atoms with Gasteiger partial charge in [-0.2, -0.15) is 13.2 Å². The summed E-state index contributed by atoms with van der Waals surface area (Å²) in [5, 5.41) is 2.99. The molecule has 0 aliphatic carbocycles. The largest absolute Gasteiger partial charge is 0.497 e. The van der Waals surface area contributed by atoms with E-state index >= 15 is 0 Å². The first-order valence-corrected chi connectivity index (χ1v) is 9.65. The van der Waals surface area contributed by atoms with Crippen LogP contribution in [0, 0.1) is 0 Å². The van der Waals surface area contributed by atoms with E-state index in [2.05, 4.69) is 5.32 Å². The van der Waals surface area contributed by atoms with Crippen molar-refractivity contribution in [3.05, 3.63) is 65.2 Å². The van der Waals surface area contributed by atoms with Gasteiger partial charge in [-0.05, 0) is 54.8 Å². The van der Waals surface area contributed by atoms with Crippen molar-refractivity contribution in [1.29, 1.82) is 0 Å². The number of nitrogens with one attached hydrogen (secondary N) is 1. The zero-order valence-electron chi connectivity index (χ0n) is 16.5. The summed E-state index contributed by atoms with van der Waals surface area (Å²) >= 11 is 0. The Bertz CT molecular complexity index is 872. The number of benzene rings is 2. The van der Waals surface area contributed by atoms with Gasteiger partial charge in [-0.1, -0.05) is 12.1 Å². The van der Waals surface area contributed by atoms with Crippen LogP contribution in [0.4, 0.5) is 13.2 Å². The topological polar surface area (TPSA) is 58.6 Å². The molecule has 5 nitrogen and oxygen atoms in total. The molecule has 3 rings (SSSR count). The number of halogens is 3. The number of carbonyl (C=O) groups excluding carboxylic acids is 2. The predicted molar refractivity (Wildman–Crippen MR) is 105 cm³/mol. The fourth-order valence-electron chi connectivity index (χ4n) is 3.42. The Kier molecular flexibility index (Phi) is 6.64. The molecule has 1 N–H and O–H groups in total. The third-order valence-corrected chi connectivity index (χ3v) is 5.13. The molecule has 0 aromatic heterocycles. The summed E-state index contributed by atoms with van der Waals surface area (Å²) in [4.78, 5) is 26.4. The molecule has 0 radical (unpaired) electrons. The van der Waals surface area contributed by atoms with Crippen molar-refractivity contribution < 1.29 is 27.5 Å². The number of hydrogen-bond acceptors (Lipinski definition) is 3. The third-order valence-electron chi connectivity index (χ3n) is 5.13. The second-order valence-electron chi connectivity index (χ2n) is 7.23. The molecule has 2 aromatic carbocycles. The third kappa shape index (κ3) is 5.52. The van der Waals surface area contributed by atoms with Gasteiger partial charge in [-0.3, -0.25) is 9.59 Å². The van der Waals surface area contributed by atoms with E-state index < -0.39 is 11.7 Å². The summed E-state index contributed by atoms with van der Waals surface area (Å²) < 4.78 is 43.1. The van der Waals surface area contributed by atoms with Gasteiger partial charge in [-0.25, -0.2) is 0 Å². The van der Waals surface area contributed by atoms with Gasteiger partial charge in [-0.15, -0.1) is 0 Å². The highest BCUT2D eigenvalue weighted by Gasteiger charge is 2.31. The summed E-state index contributed by atoms with van der Waals surface area (Å²) in [5.74, 6) is 0.337. The van der Waals surface area contributed by atoms with Crippen LogP contribution in [0.25, 0.3) is 0 Å². The summed E-state index contributed by atoms with van der Waals surface area (Å²) in [5.41, 5.74) is 0.325. The van der Waals surface area contributed by atoms with Crippen molar-refractivity contribution in [2.24, 2.45) is 0 Å². The van der Waals surface area contributed by atoms with E-state index in [1.54, 1.807) is 24.1 Å². The standard InChI is InChI=1S/C22H23F3N2O3/c1-30-19-8-2-15(3-9-19)14-20(28)26-18-10-12-27(13-11-18)21(29)16-4-6-17(7-5-16)22(23,24)25/h2-9,18H,10-14H2,1H3,(H,26,28). The van der Waals surface area contributed by atoms with E-state index in [1.807, 2.05) is 12.1 Å². The molecular weight excluding hydrogens is 397 g/mol. The molecule has 2 aromatic rings. The van der Waals surface area contributed by atoms with Gasteiger partial charge >= 0.3 is 6.18 Å². The highest BCUT2D eigenvalue weighted by molar-refractivity contribution is 5.94. The number of likely N-dealkylation sites (tertiary alicyclic amines) is 1. The second kappa shape index (κ2) is 9.19. The van der Waals surface area contributed by atoms with Gasteiger partial charge in [0, 0.05) is 24.7 Å². The van der Waals surface area contributed by atoms with Gasteiger partial charge in [0.25, 0.3) is 5.91 Å². The van der Waals surface area contributed by atoms with Crippen molar-refractivity contribution in [1.82, 2.24) is 10.2 Å². The number of nitrogens with zero attached hydrogens (tertiary/aromatic N) is 1. The highest BCUT2D eigenvalue weighted by atomic mass is 19.4. The van der Waals surface area contributed by atoms with Gasteiger partial charge in [0.2, 0.25) is 5.91 Å². The molecule has 1 fully saturated rings. The minimum Gasteiger partial charge on any atom is -0.497 e. The molecular formula is C22H23F3N2O3. The van der Waals surface area contributed by atoms with Crippen LogP contribution in [0.1, 0.15) is 34.3 Å². The van der Waals surface area contributed by atoms with Gasteiger partial charge < -0.3 is 15.0 Å². The average Bonchev–Trinajstić information content (AvgIpc) is 2.74. The molecule has 0 spiro atoms. The Morgan fingerprint density at radius 3 is 2.17 bits per heavy atom. The van der Waals surface area contributed by atoms with E-state index in [0.29, 0.717) is 25.9 Å². The van der Waals surface area contributed by atoms with Crippen molar-refractivity contribution in [2.75, 3.05) is 20.2 Å². The first-order valence-electron chi connectivity index (χ1n) is 9.65. The molecule has 30 heavy (non-hydrogen) atoms. The summed E-state index contributed by atoms with van der Waals surface area (Å²) in [6.45, 7) is 0.876. The van der Waals surface area contributed by atoms with Crippen molar-refractivity contribution >= 4 is 11.8 Å². The van der Waals surface area contributed by atoms with Crippen LogP contribution in [-0.2, 0) is 17.4 Å². The number of rotatable bonds is 5. The Labute approximate surface area is 172 Å². The Morgan fingerprint density at radius 1 is 1.03 bits per heavy atom. The molecule has 1 aliphatic rings. The number of piperidine rings is 1. The fraction of sp³-hybridized carbons (Fsp3) is 0.364. The Morgan fingerprint density at radius 2 is 1.63 bits per heavy atom. The maximum absolute atomic E-state index is 12.7. The molecule has 8 heteroatoms. The monoisotopic (exact) mass is 420 g/mol. The Balaban J connectivity index is 1.48. The van der Waals surface area contributed by atoms with E-state index in [-0.39, 0.29) is 29.8 Å². The van der Waals surface area contributed by atoms with Crippen LogP contribution in [0.2, 0.25) is 0 Å². The lowest BCUT2D eigenvalue weighted by Crippen LogP contribution is -2.46. The smallest absolute Gasteiger partial charge is 0.416 e. The molecule has 0 bridgehead atoms. The first kappa shape index (κ1) is 21.7. The minimum absolute atomic E-state index is 0.0348. The predicted octanol–water partition coefficient (Wildman–Crippen LogP) is 3.68. The Hall–Kier alpha value is -3.03. The molecule has 0 unspecified atom stereocenters. The summed E-state index contributed by atoms with van der Waals surface area (Å²) in [7, 11) is 1.58. The normalized spacial score (nSPS) is 15.0. The van der Waals surface area contributed by atoms with Gasteiger partial charge in [0.05, 0.1) is 19.1 Å². The molecule has 1 saturated heterocycles. The number of methoxy groups -OCH3 is 1. The zero-order valence-corrected chi connectivity index (χ0v) is 16.5. The number of alkyl halides is 3. The maximum Gasteiger partial charge on any atom is 0.416 e. The summed E-state index contributed by atoms with van der Waals surface area (Å²) in [6.07, 6.45) is -2.97. The molecule has 0 saturated carbocycles. The minimum atomic E-state index is -4.43. The number of ether oxygens (including phenoxy) is 1. The molecule has 160 valence electrons. The second-order valence-corrected chi connectivity index (χ2v) is 7.23. The van der Waals surface area contributed by atoms with Gasteiger partial charge in [0.15, 0.2) is 0 Å². The van der Waals surface area contributed by atoms with E-state index in [0.717, 1.165) is 23.4 Å². The van der Waals surface area contributed by atoms with Crippen molar-refractivity contribution in [3.8, 4) is 5.75 Å². The molecule has 1 heterocycles. The summed E-state index contributed by atoms with van der Waals surface area (Å²) in [6, 6.07) is 11.5. The van der Waals surface area contributed by atoms with Crippen LogP contribution in [0.5, 0.6) is 5.75 Å². The van der Waals surface area contributed by atoms with Crippen LogP contribution >= 0.6 is 0 Å². The van der Waals surface area contributed by atoms with E-state index in [4.69, 9.17) is 4.74 Å². The lowest BCUT2D eigenvalue weighted by Gasteiger charge is -2.32. The number of amides is 2. The molecule has 0 atom stereocenters. The van der Waals surface area contributed by atoms with E-state index in [1.165, 1.54) is 12.1 Å². The van der Waals surface area contributed by atoms with Crippen LogP contribution in [-0.4, -0.2) is 43.0 Å². The van der Waals surface area contributed by atoms with Crippen molar-refractivity contribution in [2.45, 2.75) is 31.5 Å². The van der Waals surface area contributed by atoms with Crippen LogP contribution < -0.4 is 10.1 Å². The van der Waals surface area contributed by atoms with E-state index in [9.17, 15) is 22.8 Å². The maximum atomic E-state index is 12.7. The average molecular weight is 420 g/mol. The molecule has 1 aliphatic heterocycles. The number of hydrogen-bond donors (Lipinski definition) is 1. The fourth-order valence-corrected chi connectivity index (χ4v) is 3.42. The zero-order chi connectivity index (χ0) is 21.7. The molecule has 2 amide bonds. The lowest BCUT2D eigenvalue weighted by atomic mass is 10.0. The number of carbonyl (C=O) groups is 2. The quantitative estimate of drug-likeness (QED) is 0.803. The first-order chi connectivity index (χ1) is 14.3. The van der Waals surface area contributed by atoms with Crippen molar-refractivity contribution in [3.63, 3.8) is 0 Å². The van der Waals surface area contributed by atoms with Crippen LogP contribution in [0.3, 0.4) is 0 Å². The highest BCUT2D eigenvalue weighted by Crippen LogP contribution is 2.29. The lowest BCUT2D eigenvalue weighted by molar-refractivity contribution is -0.137. The van der Waals surface area contributed by atoms with Crippen LogP contribution in [0.15, 0.2) is 48.5 Å². The van der Waals surface area contributed by atoms with Gasteiger partial charge in [0.1, 0.15) is 5.75 Å². The SMILES string of the molecule is COc1ccc(CC(=O)NC2CCN(C(=O)c3ccc(C(F)(F)F)cc3)CC2)cc1.